The van der Waals surface area contributed by atoms with Gasteiger partial charge in [-0.1, -0.05) is 26.0 Å². The van der Waals surface area contributed by atoms with Gasteiger partial charge < -0.3 is 20.1 Å². The minimum absolute atomic E-state index is 0.00773. The Kier molecular flexibility index (Phi) is 8.31. The fraction of sp³-hybridized carbons (Fsp3) is 0.429. The third-order valence-electron chi connectivity index (χ3n) is 6.50. The second-order valence-electron chi connectivity index (χ2n) is 10.2. The van der Waals surface area contributed by atoms with Crippen LogP contribution in [0.1, 0.15) is 55.4 Å². The fourth-order valence-corrected chi connectivity index (χ4v) is 4.34. The Balaban J connectivity index is 1.74. The molecule has 0 unspecified atom stereocenters. The number of carbonyl (C=O) groups excluding carboxylic acids is 1. The number of likely N-dealkylation sites (N-methyl/N-ethyl adjacent to an activating group) is 1. The van der Waals surface area contributed by atoms with Crippen molar-refractivity contribution in [2.45, 2.75) is 39.7 Å². The van der Waals surface area contributed by atoms with Crippen LogP contribution in [-0.4, -0.2) is 88.3 Å². The standard InChI is InChI=1S/C28H37N7O3/c1-18(2)22-15-23(24(36)16-25(22)38-6)26-31-32-27(28(37)30-19(3)4)35(26)21-9-7-20(8-10-21)17-29-34-13-11-33(5)12-14-34/h7-10,15-19,36H,11-14H2,1-6H3,(H,30,37). The number of phenols is 1. The molecule has 1 aromatic heterocycles. The number of amides is 1. The normalized spacial score (nSPS) is 14.6. The lowest BCUT2D eigenvalue weighted by Crippen LogP contribution is -2.41. The summed E-state index contributed by atoms with van der Waals surface area (Å²) in [6.07, 6.45) is 1.85. The molecule has 0 radical (unpaired) electrons. The van der Waals surface area contributed by atoms with Crippen molar-refractivity contribution in [2.24, 2.45) is 5.10 Å². The molecule has 3 aromatic rings. The molecule has 1 fully saturated rings. The first-order valence-corrected chi connectivity index (χ1v) is 12.9. The second kappa shape index (κ2) is 11.6. The maximum Gasteiger partial charge on any atom is 0.289 e. The average molecular weight is 520 g/mol. The number of nitrogens with one attached hydrogen (secondary N) is 1. The molecule has 0 bridgehead atoms. The van der Waals surface area contributed by atoms with Gasteiger partial charge in [-0.25, -0.2) is 0 Å². The number of benzene rings is 2. The lowest BCUT2D eigenvalue weighted by Gasteiger charge is -2.30. The van der Waals surface area contributed by atoms with Crippen molar-refractivity contribution >= 4 is 12.1 Å². The van der Waals surface area contributed by atoms with Gasteiger partial charge in [-0.15, -0.1) is 10.2 Å². The quantitative estimate of drug-likeness (QED) is 0.439. The fourth-order valence-electron chi connectivity index (χ4n) is 4.34. The van der Waals surface area contributed by atoms with Crippen molar-refractivity contribution in [1.29, 1.82) is 0 Å². The Hall–Kier alpha value is -3.92. The summed E-state index contributed by atoms with van der Waals surface area (Å²) in [5, 5.41) is 29.1. The minimum Gasteiger partial charge on any atom is -0.507 e. The molecule has 0 saturated carbocycles. The Bertz CT molecular complexity index is 1290. The van der Waals surface area contributed by atoms with Gasteiger partial charge in [0.2, 0.25) is 5.82 Å². The van der Waals surface area contributed by atoms with E-state index in [4.69, 9.17) is 4.74 Å². The molecular formula is C28H37N7O3. The topological polar surface area (TPSA) is 108 Å². The van der Waals surface area contributed by atoms with Crippen LogP contribution in [0.3, 0.4) is 0 Å². The largest absolute Gasteiger partial charge is 0.507 e. The van der Waals surface area contributed by atoms with Crippen LogP contribution in [0.5, 0.6) is 11.5 Å². The highest BCUT2D eigenvalue weighted by molar-refractivity contribution is 5.92. The van der Waals surface area contributed by atoms with E-state index in [0.29, 0.717) is 22.8 Å². The van der Waals surface area contributed by atoms with Crippen LogP contribution >= 0.6 is 0 Å². The monoisotopic (exact) mass is 519 g/mol. The highest BCUT2D eigenvalue weighted by Crippen LogP contribution is 2.38. The summed E-state index contributed by atoms with van der Waals surface area (Å²) < 4.78 is 7.15. The van der Waals surface area contributed by atoms with E-state index in [1.165, 1.54) is 0 Å². The number of piperazine rings is 1. The number of hydrogen-bond acceptors (Lipinski definition) is 8. The van der Waals surface area contributed by atoms with Gasteiger partial charge in [0, 0.05) is 44.0 Å². The van der Waals surface area contributed by atoms with Crippen molar-refractivity contribution in [2.75, 3.05) is 40.3 Å². The molecule has 0 atom stereocenters. The molecule has 10 nitrogen and oxygen atoms in total. The Morgan fingerprint density at radius 2 is 1.76 bits per heavy atom. The van der Waals surface area contributed by atoms with Crippen LogP contribution in [0.25, 0.3) is 17.1 Å². The highest BCUT2D eigenvalue weighted by atomic mass is 16.5. The SMILES string of the molecule is COc1cc(O)c(-c2nnc(C(=O)NC(C)C)n2-c2ccc(C=NN3CCN(C)CC3)cc2)cc1C(C)C. The van der Waals surface area contributed by atoms with Gasteiger partial charge >= 0.3 is 0 Å². The number of hydrogen-bond donors (Lipinski definition) is 2. The molecule has 4 rings (SSSR count). The van der Waals surface area contributed by atoms with Gasteiger partial charge in [-0.2, -0.15) is 5.10 Å². The molecular weight excluding hydrogens is 482 g/mol. The van der Waals surface area contributed by atoms with Crippen LogP contribution < -0.4 is 10.1 Å². The van der Waals surface area contributed by atoms with E-state index in [1.807, 2.05) is 64.2 Å². The molecule has 1 aliphatic rings. The zero-order valence-corrected chi connectivity index (χ0v) is 23.0. The molecule has 10 heteroatoms. The first-order chi connectivity index (χ1) is 18.2. The molecule has 1 amide bonds. The zero-order chi connectivity index (χ0) is 27.4. The Morgan fingerprint density at radius 3 is 2.37 bits per heavy atom. The van der Waals surface area contributed by atoms with Gasteiger partial charge in [0.15, 0.2) is 5.82 Å². The summed E-state index contributed by atoms with van der Waals surface area (Å²) in [7, 11) is 3.69. The third kappa shape index (κ3) is 5.96. The molecule has 202 valence electrons. The number of hydrazone groups is 1. The summed E-state index contributed by atoms with van der Waals surface area (Å²) in [6, 6.07) is 11.0. The number of rotatable bonds is 8. The van der Waals surface area contributed by atoms with Gasteiger partial charge in [0.05, 0.1) is 18.9 Å². The van der Waals surface area contributed by atoms with E-state index in [9.17, 15) is 9.90 Å². The van der Waals surface area contributed by atoms with E-state index in [1.54, 1.807) is 17.7 Å². The minimum atomic E-state index is -0.350. The number of nitrogens with zero attached hydrogens (tertiary/aromatic N) is 6. The van der Waals surface area contributed by atoms with Crippen molar-refractivity contribution in [3.63, 3.8) is 0 Å². The predicted molar refractivity (Wildman–Crippen MR) is 148 cm³/mol. The third-order valence-corrected chi connectivity index (χ3v) is 6.50. The molecule has 1 saturated heterocycles. The number of aromatic hydroxyl groups is 1. The Labute approximate surface area is 223 Å². The second-order valence-corrected chi connectivity index (χ2v) is 10.2. The lowest BCUT2D eigenvalue weighted by atomic mass is 9.98. The van der Waals surface area contributed by atoms with Crippen LogP contribution in [0.2, 0.25) is 0 Å². The van der Waals surface area contributed by atoms with Crippen LogP contribution in [0.15, 0.2) is 41.5 Å². The van der Waals surface area contributed by atoms with Crippen LogP contribution in [-0.2, 0) is 0 Å². The Morgan fingerprint density at radius 1 is 1.08 bits per heavy atom. The molecule has 2 aromatic carbocycles. The van der Waals surface area contributed by atoms with Crippen molar-refractivity contribution < 1.29 is 14.6 Å². The molecule has 38 heavy (non-hydrogen) atoms. The van der Waals surface area contributed by atoms with E-state index >= 15 is 0 Å². The molecule has 2 N–H and O–H groups in total. The maximum atomic E-state index is 13.1. The van der Waals surface area contributed by atoms with Crippen LogP contribution in [0.4, 0.5) is 0 Å². The van der Waals surface area contributed by atoms with E-state index < -0.39 is 0 Å². The van der Waals surface area contributed by atoms with Gasteiger partial charge in [-0.05, 0) is 56.1 Å². The average Bonchev–Trinajstić information content (AvgIpc) is 3.33. The molecule has 0 spiro atoms. The number of aromatic nitrogens is 3. The smallest absolute Gasteiger partial charge is 0.289 e. The lowest BCUT2D eigenvalue weighted by molar-refractivity contribution is 0.0930. The number of ether oxygens (including phenoxy) is 1. The van der Waals surface area contributed by atoms with E-state index in [2.05, 4.69) is 37.6 Å². The molecule has 0 aliphatic carbocycles. The van der Waals surface area contributed by atoms with E-state index in [0.717, 1.165) is 37.3 Å². The molecule has 1 aliphatic heterocycles. The van der Waals surface area contributed by atoms with E-state index in [-0.39, 0.29) is 29.4 Å². The van der Waals surface area contributed by atoms with Gasteiger partial charge in [-0.3, -0.25) is 14.4 Å². The van der Waals surface area contributed by atoms with Gasteiger partial charge in [0.25, 0.3) is 5.91 Å². The number of methoxy groups -OCH3 is 1. The summed E-state index contributed by atoms with van der Waals surface area (Å²) >= 11 is 0. The first kappa shape index (κ1) is 27.1. The maximum absolute atomic E-state index is 13.1. The predicted octanol–water partition coefficient (Wildman–Crippen LogP) is 3.49. The summed E-state index contributed by atoms with van der Waals surface area (Å²) in [4.78, 5) is 15.4. The molecule has 2 heterocycles. The van der Waals surface area contributed by atoms with Gasteiger partial charge in [0.1, 0.15) is 11.5 Å². The number of phenolic OH excluding ortho intramolecular Hbond substituents is 1. The van der Waals surface area contributed by atoms with Crippen molar-refractivity contribution in [3.05, 3.63) is 53.3 Å². The van der Waals surface area contributed by atoms with Crippen molar-refractivity contribution in [1.82, 2.24) is 30.0 Å². The summed E-state index contributed by atoms with van der Waals surface area (Å²) in [6.45, 7) is 11.6. The highest BCUT2D eigenvalue weighted by Gasteiger charge is 2.25. The van der Waals surface area contributed by atoms with Crippen molar-refractivity contribution in [3.8, 4) is 28.6 Å². The summed E-state index contributed by atoms with van der Waals surface area (Å²) in [5.41, 5.74) is 3.01. The zero-order valence-electron chi connectivity index (χ0n) is 23.0. The first-order valence-electron chi connectivity index (χ1n) is 12.9. The number of carbonyl (C=O) groups is 1. The van der Waals surface area contributed by atoms with Crippen LogP contribution in [0, 0.1) is 0 Å². The summed E-state index contributed by atoms with van der Waals surface area (Å²) in [5.74, 6) is 0.870.